The van der Waals surface area contributed by atoms with Crippen molar-refractivity contribution in [3.63, 3.8) is 0 Å². The first-order valence-corrected chi connectivity index (χ1v) is 8.38. The van der Waals surface area contributed by atoms with E-state index in [1.54, 1.807) is 31.1 Å². The molecule has 2 aromatic carbocycles. The Bertz CT molecular complexity index is 765. The summed E-state index contributed by atoms with van der Waals surface area (Å²) in [5, 5.41) is 2.93. The van der Waals surface area contributed by atoms with E-state index in [0.29, 0.717) is 23.6 Å². The number of benzene rings is 2. The fourth-order valence-electron chi connectivity index (χ4n) is 2.44. The molecule has 1 aliphatic rings. The molecule has 2 aromatic rings. The van der Waals surface area contributed by atoms with Gasteiger partial charge in [0.1, 0.15) is 12.4 Å². The van der Waals surface area contributed by atoms with Crippen LogP contribution in [0.2, 0.25) is 0 Å². The van der Waals surface area contributed by atoms with Crippen LogP contribution in [0.5, 0.6) is 5.75 Å². The highest BCUT2D eigenvalue weighted by molar-refractivity contribution is 5.95. The molecule has 0 bridgehead atoms. The maximum atomic E-state index is 12.0. The topological polar surface area (TPSA) is 58.6 Å². The van der Waals surface area contributed by atoms with E-state index in [1.165, 1.54) is 0 Å². The number of hydrogen-bond acceptors (Lipinski definition) is 3. The summed E-state index contributed by atoms with van der Waals surface area (Å²) in [5.74, 6) is 0.822. The first kappa shape index (κ1) is 17.0. The van der Waals surface area contributed by atoms with Crippen LogP contribution in [0.1, 0.15) is 28.8 Å². The first-order valence-electron chi connectivity index (χ1n) is 8.38. The Hall–Kier alpha value is -2.82. The van der Waals surface area contributed by atoms with Crippen molar-refractivity contribution in [3.05, 3.63) is 59.7 Å². The predicted molar refractivity (Wildman–Crippen MR) is 96.6 cm³/mol. The SMILES string of the molecule is CN(C)C(=O)c1ccc(COc2ccccc2NC(=O)C2CC2)cc1. The van der Waals surface area contributed by atoms with Crippen molar-refractivity contribution in [3.8, 4) is 5.75 Å². The molecule has 1 fully saturated rings. The lowest BCUT2D eigenvalue weighted by Gasteiger charge is -2.13. The average molecular weight is 338 g/mol. The molecule has 0 heterocycles. The summed E-state index contributed by atoms with van der Waals surface area (Å²) in [7, 11) is 3.46. The number of carbonyl (C=O) groups excluding carboxylic acids is 2. The van der Waals surface area contributed by atoms with E-state index in [4.69, 9.17) is 4.74 Å². The Labute approximate surface area is 147 Å². The highest BCUT2D eigenvalue weighted by atomic mass is 16.5. The Morgan fingerprint density at radius 1 is 1.08 bits per heavy atom. The van der Waals surface area contributed by atoms with E-state index in [1.807, 2.05) is 36.4 Å². The standard InChI is InChI=1S/C20H22N2O3/c1-22(2)20(24)16-9-7-14(8-10-16)13-25-18-6-4-3-5-17(18)21-19(23)15-11-12-15/h3-10,15H,11-13H2,1-2H3,(H,21,23). The second kappa shape index (κ2) is 7.38. The summed E-state index contributed by atoms with van der Waals surface area (Å²) in [6.45, 7) is 0.368. The van der Waals surface area contributed by atoms with Gasteiger partial charge in [-0.2, -0.15) is 0 Å². The van der Waals surface area contributed by atoms with Gasteiger partial charge in [-0.15, -0.1) is 0 Å². The van der Waals surface area contributed by atoms with Crippen LogP contribution >= 0.6 is 0 Å². The lowest BCUT2D eigenvalue weighted by molar-refractivity contribution is -0.117. The summed E-state index contributed by atoms with van der Waals surface area (Å²) < 4.78 is 5.86. The Morgan fingerprint density at radius 2 is 1.76 bits per heavy atom. The van der Waals surface area contributed by atoms with E-state index in [0.717, 1.165) is 18.4 Å². The molecule has 130 valence electrons. The molecule has 0 saturated heterocycles. The van der Waals surface area contributed by atoms with Crippen LogP contribution in [0.25, 0.3) is 0 Å². The number of amides is 2. The first-order chi connectivity index (χ1) is 12.0. The third kappa shape index (κ3) is 4.38. The van der Waals surface area contributed by atoms with Crippen molar-refractivity contribution in [2.75, 3.05) is 19.4 Å². The highest BCUT2D eigenvalue weighted by Crippen LogP contribution is 2.32. The highest BCUT2D eigenvalue weighted by Gasteiger charge is 2.30. The van der Waals surface area contributed by atoms with Crippen molar-refractivity contribution in [2.24, 2.45) is 5.92 Å². The Balaban J connectivity index is 1.63. The fourth-order valence-corrected chi connectivity index (χ4v) is 2.44. The van der Waals surface area contributed by atoms with Crippen molar-refractivity contribution >= 4 is 17.5 Å². The van der Waals surface area contributed by atoms with Gasteiger partial charge in [0.2, 0.25) is 5.91 Å². The quantitative estimate of drug-likeness (QED) is 0.879. The summed E-state index contributed by atoms with van der Waals surface area (Å²) >= 11 is 0. The molecule has 0 aromatic heterocycles. The molecular formula is C20H22N2O3. The number of nitrogens with zero attached hydrogens (tertiary/aromatic N) is 1. The third-order valence-corrected chi connectivity index (χ3v) is 4.09. The van der Waals surface area contributed by atoms with Crippen LogP contribution in [0, 0.1) is 5.92 Å². The molecule has 0 radical (unpaired) electrons. The van der Waals surface area contributed by atoms with Crippen LogP contribution in [0.15, 0.2) is 48.5 Å². The number of ether oxygens (including phenoxy) is 1. The van der Waals surface area contributed by atoms with E-state index >= 15 is 0 Å². The van der Waals surface area contributed by atoms with E-state index in [9.17, 15) is 9.59 Å². The minimum Gasteiger partial charge on any atom is -0.487 e. The second-order valence-corrected chi connectivity index (χ2v) is 6.44. The molecule has 5 nitrogen and oxygen atoms in total. The summed E-state index contributed by atoms with van der Waals surface area (Å²) in [5.41, 5.74) is 2.29. The van der Waals surface area contributed by atoms with Crippen LogP contribution < -0.4 is 10.1 Å². The number of carbonyl (C=O) groups is 2. The minimum atomic E-state index is -0.0272. The van der Waals surface area contributed by atoms with Gasteiger partial charge in [0, 0.05) is 25.6 Å². The van der Waals surface area contributed by atoms with E-state index < -0.39 is 0 Å². The van der Waals surface area contributed by atoms with Crippen molar-refractivity contribution < 1.29 is 14.3 Å². The third-order valence-electron chi connectivity index (χ3n) is 4.09. The molecule has 3 rings (SSSR count). The molecule has 25 heavy (non-hydrogen) atoms. The van der Waals surface area contributed by atoms with Crippen molar-refractivity contribution in [1.29, 1.82) is 0 Å². The largest absolute Gasteiger partial charge is 0.487 e. The van der Waals surface area contributed by atoms with Crippen LogP contribution in [0.4, 0.5) is 5.69 Å². The normalized spacial score (nSPS) is 13.2. The molecule has 0 atom stereocenters. The zero-order valence-electron chi connectivity index (χ0n) is 14.5. The van der Waals surface area contributed by atoms with Gasteiger partial charge >= 0.3 is 0 Å². The molecule has 5 heteroatoms. The van der Waals surface area contributed by atoms with Crippen molar-refractivity contribution in [2.45, 2.75) is 19.4 Å². The maximum absolute atomic E-state index is 12.0. The molecule has 2 amide bonds. The van der Waals surface area contributed by atoms with Gasteiger partial charge < -0.3 is 15.0 Å². The van der Waals surface area contributed by atoms with Gasteiger partial charge in [-0.25, -0.2) is 0 Å². The monoisotopic (exact) mass is 338 g/mol. The molecule has 1 aliphatic carbocycles. The van der Waals surface area contributed by atoms with Crippen LogP contribution in [-0.2, 0) is 11.4 Å². The average Bonchev–Trinajstić information content (AvgIpc) is 3.46. The van der Waals surface area contributed by atoms with Gasteiger partial charge in [-0.05, 0) is 42.7 Å². The Morgan fingerprint density at radius 3 is 2.40 bits per heavy atom. The number of anilines is 1. The second-order valence-electron chi connectivity index (χ2n) is 6.44. The lowest BCUT2D eigenvalue weighted by Crippen LogP contribution is -2.21. The summed E-state index contributed by atoms with van der Waals surface area (Å²) in [6, 6.07) is 14.8. The van der Waals surface area contributed by atoms with Gasteiger partial charge in [0.25, 0.3) is 5.91 Å². The summed E-state index contributed by atoms with van der Waals surface area (Å²) in [6.07, 6.45) is 1.93. The van der Waals surface area contributed by atoms with Gasteiger partial charge in [0.15, 0.2) is 0 Å². The van der Waals surface area contributed by atoms with E-state index in [2.05, 4.69) is 5.32 Å². The summed E-state index contributed by atoms with van der Waals surface area (Å²) in [4.78, 5) is 25.4. The van der Waals surface area contributed by atoms with Crippen LogP contribution in [0.3, 0.4) is 0 Å². The van der Waals surface area contributed by atoms with Gasteiger partial charge in [-0.3, -0.25) is 9.59 Å². The molecular weight excluding hydrogens is 316 g/mol. The van der Waals surface area contributed by atoms with Gasteiger partial charge in [-0.1, -0.05) is 24.3 Å². The van der Waals surface area contributed by atoms with Crippen LogP contribution in [-0.4, -0.2) is 30.8 Å². The zero-order valence-corrected chi connectivity index (χ0v) is 14.5. The Kier molecular flexibility index (Phi) is 5.03. The fraction of sp³-hybridized carbons (Fsp3) is 0.300. The van der Waals surface area contributed by atoms with Crippen molar-refractivity contribution in [1.82, 2.24) is 4.90 Å². The molecule has 1 N–H and O–H groups in total. The minimum absolute atomic E-state index is 0.0272. The lowest BCUT2D eigenvalue weighted by atomic mass is 10.1. The number of para-hydroxylation sites is 2. The molecule has 1 saturated carbocycles. The molecule has 0 spiro atoms. The van der Waals surface area contributed by atoms with Gasteiger partial charge in [0.05, 0.1) is 5.69 Å². The number of hydrogen-bond donors (Lipinski definition) is 1. The maximum Gasteiger partial charge on any atom is 0.253 e. The predicted octanol–water partition coefficient (Wildman–Crippen LogP) is 3.32. The molecule has 0 unspecified atom stereocenters. The number of nitrogens with one attached hydrogen (secondary N) is 1. The smallest absolute Gasteiger partial charge is 0.253 e. The number of rotatable bonds is 6. The van der Waals surface area contributed by atoms with E-state index in [-0.39, 0.29) is 17.7 Å². The molecule has 0 aliphatic heterocycles. The zero-order chi connectivity index (χ0) is 17.8.